The van der Waals surface area contributed by atoms with Gasteiger partial charge in [0.1, 0.15) is 6.04 Å². The van der Waals surface area contributed by atoms with Crippen LogP contribution in [0, 0.1) is 0 Å². The van der Waals surface area contributed by atoms with Gasteiger partial charge in [-0.1, -0.05) is 13.8 Å². The van der Waals surface area contributed by atoms with Crippen LogP contribution in [0.1, 0.15) is 20.3 Å². The highest BCUT2D eigenvalue weighted by Crippen LogP contribution is 2.08. The molecule has 0 bridgehead atoms. The Morgan fingerprint density at radius 3 is 2.87 bits per heavy atom. The zero-order valence-corrected chi connectivity index (χ0v) is 9.23. The van der Waals surface area contributed by atoms with E-state index in [-0.39, 0.29) is 18.8 Å². The first kappa shape index (κ1) is 12.4. The summed E-state index contributed by atoms with van der Waals surface area (Å²) in [5, 5.41) is 11.9. The lowest BCUT2D eigenvalue weighted by Crippen LogP contribution is -2.44. The van der Waals surface area contributed by atoms with Gasteiger partial charge in [0.2, 0.25) is 0 Å². The lowest BCUT2D eigenvalue weighted by atomic mass is 10.2. The van der Waals surface area contributed by atoms with Crippen LogP contribution in [-0.4, -0.2) is 49.1 Å². The molecule has 1 aliphatic rings. The highest BCUT2D eigenvalue weighted by Gasteiger charge is 2.22. The molecule has 1 saturated heterocycles. The van der Waals surface area contributed by atoms with Crippen molar-refractivity contribution >= 4 is 5.97 Å². The summed E-state index contributed by atoms with van der Waals surface area (Å²) >= 11 is 0. The minimum Gasteiger partial charge on any atom is -0.480 e. The van der Waals surface area contributed by atoms with Gasteiger partial charge in [0.25, 0.3) is 0 Å². The molecule has 5 nitrogen and oxygen atoms in total. The summed E-state index contributed by atoms with van der Waals surface area (Å²) in [4.78, 5) is 10.9. The summed E-state index contributed by atoms with van der Waals surface area (Å²) in [5.74, 6) is -0.873. The largest absolute Gasteiger partial charge is 0.480 e. The summed E-state index contributed by atoms with van der Waals surface area (Å²) < 4.78 is 10.6. The van der Waals surface area contributed by atoms with E-state index in [0.717, 1.165) is 6.42 Å². The molecule has 88 valence electrons. The molecule has 0 aromatic rings. The van der Waals surface area contributed by atoms with Gasteiger partial charge in [0.05, 0.1) is 19.3 Å². The number of carboxylic acid groups (broad SMARTS) is 1. The maximum Gasteiger partial charge on any atom is 0.323 e. The molecular formula is C10H19NO4. The molecule has 1 heterocycles. The average molecular weight is 217 g/mol. The number of hydrogen-bond donors (Lipinski definition) is 2. The van der Waals surface area contributed by atoms with E-state index in [0.29, 0.717) is 13.2 Å². The third kappa shape index (κ3) is 4.59. The highest BCUT2D eigenvalue weighted by atomic mass is 16.5. The van der Waals surface area contributed by atoms with E-state index in [1.54, 1.807) is 0 Å². The van der Waals surface area contributed by atoms with Crippen LogP contribution in [0.4, 0.5) is 0 Å². The van der Waals surface area contributed by atoms with Crippen LogP contribution in [0.25, 0.3) is 0 Å². The molecule has 1 aliphatic heterocycles. The standard InChI is InChI=1S/C10H19NO4/c1-7(2)11-9(10(12)13)6-15-8-3-4-14-5-8/h7-9,11H,3-6H2,1-2H3,(H,12,13). The van der Waals surface area contributed by atoms with Crippen LogP contribution < -0.4 is 5.32 Å². The van der Waals surface area contributed by atoms with Crippen molar-refractivity contribution in [1.29, 1.82) is 0 Å². The fourth-order valence-corrected chi connectivity index (χ4v) is 1.47. The second-order valence-electron chi connectivity index (χ2n) is 4.03. The topological polar surface area (TPSA) is 67.8 Å². The Morgan fingerprint density at radius 1 is 1.67 bits per heavy atom. The van der Waals surface area contributed by atoms with Crippen molar-refractivity contribution in [2.24, 2.45) is 0 Å². The normalized spacial score (nSPS) is 23.3. The summed E-state index contributed by atoms with van der Waals surface area (Å²) in [5.41, 5.74) is 0. The van der Waals surface area contributed by atoms with Gasteiger partial charge in [0, 0.05) is 12.6 Å². The Balaban J connectivity index is 2.27. The monoisotopic (exact) mass is 217 g/mol. The minimum absolute atomic E-state index is 0.0563. The predicted octanol–water partition coefficient (Wildman–Crippen LogP) is 0.243. The lowest BCUT2D eigenvalue weighted by Gasteiger charge is -2.19. The van der Waals surface area contributed by atoms with Gasteiger partial charge in [-0.15, -0.1) is 0 Å². The molecule has 2 unspecified atom stereocenters. The fraction of sp³-hybridized carbons (Fsp3) is 0.900. The van der Waals surface area contributed by atoms with Gasteiger partial charge in [-0.05, 0) is 6.42 Å². The number of carboxylic acids is 1. The Kier molecular flexibility index (Phi) is 5.01. The Bertz CT molecular complexity index is 202. The third-order valence-electron chi connectivity index (χ3n) is 2.22. The van der Waals surface area contributed by atoms with Crippen molar-refractivity contribution in [3.8, 4) is 0 Å². The van der Waals surface area contributed by atoms with Gasteiger partial charge in [-0.2, -0.15) is 0 Å². The molecule has 0 saturated carbocycles. The SMILES string of the molecule is CC(C)NC(COC1CCOC1)C(=O)O. The summed E-state index contributed by atoms with van der Waals surface area (Å²) in [7, 11) is 0. The number of aliphatic carboxylic acids is 1. The first-order valence-electron chi connectivity index (χ1n) is 5.27. The van der Waals surface area contributed by atoms with Crippen molar-refractivity contribution in [2.45, 2.75) is 38.5 Å². The van der Waals surface area contributed by atoms with Crippen LogP contribution in [0.15, 0.2) is 0 Å². The van der Waals surface area contributed by atoms with Crippen molar-refractivity contribution < 1.29 is 19.4 Å². The molecule has 2 N–H and O–H groups in total. The molecular weight excluding hydrogens is 198 g/mol. The van der Waals surface area contributed by atoms with E-state index in [2.05, 4.69) is 5.32 Å². The quantitative estimate of drug-likeness (QED) is 0.667. The van der Waals surface area contributed by atoms with Crippen LogP contribution in [0.5, 0.6) is 0 Å². The van der Waals surface area contributed by atoms with E-state index in [1.807, 2.05) is 13.8 Å². The number of ether oxygens (including phenoxy) is 2. The Labute approximate surface area is 89.8 Å². The van der Waals surface area contributed by atoms with E-state index in [9.17, 15) is 4.79 Å². The first-order chi connectivity index (χ1) is 7.09. The van der Waals surface area contributed by atoms with Crippen LogP contribution >= 0.6 is 0 Å². The van der Waals surface area contributed by atoms with E-state index in [4.69, 9.17) is 14.6 Å². The number of hydrogen-bond acceptors (Lipinski definition) is 4. The summed E-state index contributed by atoms with van der Waals surface area (Å²) in [6, 6.07) is -0.500. The maximum absolute atomic E-state index is 10.9. The molecule has 0 spiro atoms. The van der Waals surface area contributed by atoms with E-state index < -0.39 is 12.0 Å². The van der Waals surface area contributed by atoms with E-state index >= 15 is 0 Å². The van der Waals surface area contributed by atoms with Crippen molar-refractivity contribution in [1.82, 2.24) is 5.32 Å². The molecule has 2 atom stereocenters. The van der Waals surface area contributed by atoms with Crippen molar-refractivity contribution in [3.63, 3.8) is 0 Å². The lowest BCUT2D eigenvalue weighted by molar-refractivity contribution is -0.142. The number of carbonyl (C=O) groups is 1. The molecule has 0 aromatic carbocycles. The molecule has 5 heteroatoms. The van der Waals surface area contributed by atoms with Gasteiger partial charge in [-0.25, -0.2) is 0 Å². The highest BCUT2D eigenvalue weighted by molar-refractivity contribution is 5.73. The zero-order valence-electron chi connectivity index (χ0n) is 9.23. The molecule has 1 rings (SSSR count). The smallest absolute Gasteiger partial charge is 0.323 e. The first-order valence-corrected chi connectivity index (χ1v) is 5.27. The maximum atomic E-state index is 10.9. The zero-order chi connectivity index (χ0) is 11.3. The van der Waals surface area contributed by atoms with Gasteiger partial charge >= 0.3 is 5.97 Å². The fourth-order valence-electron chi connectivity index (χ4n) is 1.47. The van der Waals surface area contributed by atoms with Gasteiger partial charge in [0.15, 0.2) is 0 Å². The Hall–Kier alpha value is -0.650. The van der Waals surface area contributed by atoms with Crippen molar-refractivity contribution in [2.75, 3.05) is 19.8 Å². The van der Waals surface area contributed by atoms with Gasteiger partial charge < -0.3 is 19.9 Å². The minimum atomic E-state index is -0.873. The molecule has 0 amide bonds. The molecule has 1 fully saturated rings. The van der Waals surface area contributed by atoms with Crippen LogP contribution in [0.2, 0.25) is 0 Å². The predicted molar refractivity (Wildman–Crippen MR) is 54.9 cm³/mol. The van der Waals surface area contributed by atoms with Crippen LogP contribution in [0.3, 0.4) is 0 Å². The second kappa shape index (κ2) is 6.05. The van der Waals surface area contributed by atoms with E-state index in [1.165, 1.54) is 0 Å². The van der Waals surface area contributed by atoms with Gasteiger partial charge in [-0.3, -0.25) is 4.79 Å². The Morgan fingerprint density at radius 2 is 2.40 bits per heavy atom. The average Bonchev–Trinajstić information content (AvgIpc) is 2.63. The summed E-state index contributed by atoms with van der Waals surface area (Å²) in [6.07, 6.45) is 0.911. The third-order valence-corrected chi connectivity index (χ3v) is 2.22. The number of rotatable bonds is 6. The number of nitrogens with one attached hydrogen (secondary N) is 1. The summed E-state index contributed by atoms with van der Waals surface area (Å²) in [6.45, 7) is 5.30. The molecule has 0 aromatic heterocycles. The molecule has 0 radical (unpaired) electrons. The molecule has 15 heavy (non-hydrogen) atoms. The molecule has 0 aliphatic carbocycles. The van der Waals surface area contributed by atoms with Crippen molar-refractivity contribution in [3.05, 3.63) is 0 Å². The van der Waals surface area contributed by atoms with Crippen LogP contribution in [-0.2, 0) is 14.3 Å². The second-order valence-corrected chi connectivity index (χ2v) is 4.03.